The van der Waals surface area contributed by atoms with Gasteiger partial charge < -0.3 is 15.4 Å². The monoisotopic (exact) mass is 323 g/mol. The van der Waals surface area contributed by atoms with Gasteiger partial charge in [0.15, 0.2) is 5.96 Å². The lowest BCUT2D eigenvalue weighted by Crippen LogP contribution is -2.47. The van der Waals surface area contributed by atoms with E-state index in [1.54, 1.807) is 0 Å². The van der Waals surface area contributed by atoms with Gasteiger partial charge in [0.05, 0.1) is 19.2 Å². The van der Waals surface area contributed by atoms with Crippen molar-refractivity contribution in [2.45, 2.75) is 18.9 Å². The molecule has 0 radical (unpaired) electrons. The molecule has 2 heterocycles. The zero-order valence-electron chi connectivity index (χ0n) is 10.8. The van der Waals surface area contributed by atoms with E-state index in [0.29, 0.717) is 17.9 Å². The van der Waals surface area contributed by atoms with Crippen LogP contribution < -0.4 is 10.6 Å². The fourth-order valence-electron chi connectivity index (χ4n) is 2.87. The SMILES string of the molecule is NC1=NCC(C2CCCOC2)N1c1ccc(Br)cc1. The fourth-order valence-corrected chi connectivity index (χ4v) is 3.13. The molecular weight excluding hydrogens is 306 g/mol. The Morgan fingerprint density at radius 1 is 1.32 bits per heavy atom. The summed E-state index contributed by atoms with van der Waals surface area (Å²) in [5.41, 5.74) is 7.18. The first-order valence-corrected chi connectivity index (χ1v) is 7.47. The Kier molecular flexibility index (Phi) is 3.75. The number of guanidine groups is 1. The van der Waals surface area contributed by atoms with Gasteiger partial charge in [-0.05, 0) is 37.1 Å². The molecule has 2 N–H and O–H groups in total. The summed E-state index contributed by atoms with van der Waals surface area (Å²) < 4.78 is 6.68. The van der Waals surface area contributed by atoms with Crippen LogP contribution in [0.2, 0.25) is 0 Å². The van der Waals surface area contributed by atoms with E-state index in [0.717, 1.165) is 36.3 Å². The van der Waals surface area contributed by atoms with Crippen LogP contribution in [0.4, 0.5) is 5.69 Å². The molecule has 1 aromatic rings. The molecule has 0 amide bonds. The third kappa shape index (κ3) is 2.62. The Labute approximate surface area is 121 Å². The van der Waals surface area contributed by atoms with Gasteiger partial charge in [0, 0.05) is 22.7 Å². The molecule has 19 heavy (non-hydrogen) atoms. The molecule has 0 aromatic heterocycles. The molecule has 2 aliphatic rings. The molecule has 2 unspecified atom stereocenters. The van der Waals surface area contributed by atoms with Gasteiger partial charge in [-0.1, -0.05) is 15.9 Å². The van der Waals surface area contributed by atoms with Gasteiger partial charge in [-0.3, -0.25) is 4.99 Å². The predicted octanol–water partition coefficient (Wildman–Crippen LogP) is 2.38. The van der Waals surface area contributed by atoms with Gasteiger partial charge in [-0.25, -0.2) is 0 Å². The van der Waals surface area contributed by atoms with Gasteiger partial charge in [0.2, 0.25) is 0 Å². The van der Waals surface area contributed by atoms with Crippen molar-refractivity contribution in [3.63, 3.8) is 0 Å². The van der Waals surface area contributed by atoms with E-state index in [-0.39, 0.29) is 0 Å². The molecule has 102 valence electrons. The normalized spacial score (nSPS) is 27.4. The minimum absolute atomic E-state index is 0.335. The lowest BCUT2D eigenvalue weighted by Gasteiger charge is -2.34. The number of nitrogens with two attached hydrogens (primary N) is 1. The molecule has 0 saturated carbocycles. The molecule has 3 rings (SSSR count). The highest BCUT2D eigenvalue weighted by Gasteiger charge is 2.34. The van der Waals surface area contributed by atoms with Gasteiger partial charge >= 0.3 is 0 Å². The van der Waals surface area contributed by atoms with Crippen molar-refractivity contribution >= 4 is 27.6 Å². The van der Waals surface area contributed by atoms with Crippen LogP contribution in [0.5, 0.6) is 0 Å². The van der Waals surface area contributed by atoms with Crippen LogP contribution in [0.25, 0.3) is 0 Å². The van der Waals surface area contributed by atoms with Crippen molar-refractivity contribution in [3.05, 3.63) is 28.7 Å². The molecular formula is C14H18BrN3O. The number of ether oxygens (including phenoxy) is 1. The summed E-state index contributed by atoms with van der Waals surface area (Å²) in [6.45, 7) is 2.48. The predicted molar refractivity (Wildman–Crippen MR) is 80.4 cm³/mol. The Bertz CT molecular complexity index is 468. The number of rotatable bonds is 2. The van der Waals surface area contributed by atoms with E-state index in [9.17, 15) is 0 Å². The molecule has 0 aliphatic carbocycles. The van der Waals surface area contributed by atoms with Crippen molar-refractivity contribution in [1.82, 2.24) is 0 Å². The van der Waals surface area contributed by atoms with Crippen LogP contribution in [0, 0.1) is 5.92 Å². The fraction of sp³-hybridized carbons (Fsp3) is 0.500. The van der Waals surface area contributed by atoms with Crippen LogP contribution in [-0.2, 0) is 4.74 Å². The van der Waals surface area contributed by atoms with E-state index in [2.05, 4.69) is 38.0 Å². The van der Waals surface area contributed by atoms with Gasteiger partial charge in [-0.2, -0.15) is 0 Å². The van der Waals surface area contributed by atoms with Gasteiger partial charge in [-0.15, -0.1) is 0 Å². The van der Waals surface area contributed by atoms with Crippen LogP contribution in [0.1, 0.15) is 12.8 Å². The zero-order valence-corrected chi connectivity index (χ0v) is 12.3. The summed E-state index contributed by atoms with van der Waals surface area (Å²) in [6, 6.07) is 8.56. The Morgan fingerprint density at radius 3 is 2.79 bits per heavy atom. The minimum Gasteiger partial charge on any atom is -0.381 e. The van der Waals surface area contributed by atoms with Crippen molar-refractivity contribution in [1.29, 1.82) is 0 Å². The highest BCUT2D eigenvalue weighted by atomic mass is 79.9. The maximum absolute atomic E-state index is 6.07. The highest BCUT2D eigenvalue weighted by Crippen LogP contribution is 2.29. The summed E-state index contributed by atoms with van der Waals surface area (Å²) in [4.78, 5) is 6.58. The van der Waals surface area contributed by atoms with Crippen molar-refractivity contribution in [2.24, 2.45) is 16.6 Å². The topological polar surface area (TPSA) is 50.9 Å². The van der Waals surface area contributed by atoms with Crippen LogP contribution in [0.3, 0.4) is 0 Å². The molecule has 1 fully saturated rings. The Balaban J connectivity index is 1.83. The molecule has 0 bridgehead atoms. The van der Waals surface area contributed by atoms with Crippen LogP contribution >= 0.6 is 15.9 Å². The number of hydrogen-bond acceptors (Lipinski definition) is 4. The van der Waals surface area contributed by atoms with E-state index in [1.807, 2.05) is 12.1 Å². The van der Waals surface area contributed by atoms with E-state index in [4.69, 9.17) is 10.5 Å². The van der Waals surface area contributed by atoms with Crippen molar-refractivity contribution < 1.29 is 4.74 Å². The second-order valence-corrected chi connectivity index (χ2v) is 6.01. The van der Waals surface area contributed by atoms with Crippen molar-refractivity contribution in [3.8, 4) is 0 Å². The third-order valence-electron chi connectivity index (χ3n) is 3.86. The van der Waals surface area contributed by atoms with Crippen LogP contribution in [-0.4, -0.2) is 31.8 Å². The Morgan fingerprint density at radius 2 is 2.11 bits per heavy atom. The highest BCUT2D eigenvalue weighted by molar-refractivity contribution is 9.10. The van der Waals surface area contributed by atoms with E-state index < -0.39 is 0 Å². The number of benzene rings is 1. The lowest BCUT2D eigenvalue weighted by molar-refractivity contribution is 0.0473. The number of anilines is 1. The lowest BCUT2D eigenvalue weighted by atomic mass is 9.93. The smallest absolute Gasteiger partial charge is 0.196 e. The van der Waals surface area contributed by atoms with Gasteiger partial charge in [0.25, 0.3) is 0 Å². The summed E-state index contributed by atoms with van der Waals surface area (Å²) in [6.07, 6.45) is 2.33. The molecule has 5 heteroatoms. The summed E-state index contributed by atoms with van der Waals surface area (Å²) in [5, 5.41) is 0. The molecule has 2 aliphatic heterocycles. The summed E-state index contributed by atoms with van der Waals surface area (Å²) in [7, 11) is 0. The third-order valence-corrected chi connectivity index (χ3v) is 4.39. The standard InChI is InChI=1S/C14H18BrN3O/c15-11-3-5-12(6-4-11)18-13(8-17-14(18)16)10-2-1-7-19-9-10/h3-6,10,13H,1-2,7-9H2,(H2,16,17). The maximum atomic E-state index is 6.07. The second-order valence-electron chi connectivity index (χ2n) is 5.09. The molecule has 1 aromatic carbocycles. The molecule has 4 nitrogen and oxygen atoms in total. The number of hydrogen-bond donors (Lipinski definition) is 1. The number of nitrogens with zero attached hydrogens (tertiary/aromatic N) is 2. The molecule has 1 saturated heterocycles. The zero-order chi connectivity index (χ0) is 13.2. The average Bonchev–Trinajstić information content (AvgIpc) is 2.83. The summed E-state index contributed by atoms with van der Waals surface area (Å²) >= 11 is 3.46. The Hall–Kier alpha value is -1.07. The number of halogens is 1. The van der Waals surface area contributed by atoms with Crippen molar-refractivity contribution in [2.75, 3.05) is 24.7 Å². The largest absolute Gasteiger partial charge is 0.381 e. The average molecular weight is 324 g/mol. The summed E-state index contributed by atoms with van der Waals surface area (Å²) in [5.74, 6) is 1.14. The molecule has 2 atom stereocenters. The van der Waals surface area contributed by atoms with E-state index >= 15 is 0 Å². The van der Waals surface area contributed by atoms with E-state index in [1.165, 1.54) is 6.42 Å². The number of aliphatic imine (C=N–C) groups is 1. The van der Waals surface area contributed by atoms with Gasteiger partial charge in [0.1, 0.15) is 0 Å². The van der Waals surface area contributed by atoms with Crippen LogP contribution in [0.15, 0.2) is 33.7 Å². The quantitative estimate of drug-likeness (QED) is 0.909. The second kappa shape index (κ2) is 5.51. The molecule has 0 spiro atoms. The minimum atomic E-state index is 0.335. The first kappa shape index (κ1) is 12.9. The first-order chi connectivity index (χ1) is 9.25. The maximum Gasteiger partial charge on any atom is 0.196 e. The first-order valence-electron chi connectivity index (χ1n) is 6.68.